The molecule has 0 amide bonds. The van der Waals surface area contributed by atoms with Crippen LogP contribution in [0.3, 0.4) is 0 Å². The van der Waals surface area contributed by atoms with Gasteiger partial charge < -0.3 is 5.11 Å². The van der Waals surface area contributed by atoms with E-state index in [2.05, 4.69) is 60.5 Å². The maximum Gasteiger partial charge on any atom is 0.276 e. The zero-order valence-corrected chi connectivity index (χ0v) is 45.7. The van der Waals surface area contributed by atoms with Crippen molar-refractivity contribution in [1.82, 2.24) is 88.1 Å². The van der Waals surface area contributed by atoms with E-state index < -0.39 is 0 Å². The van der Waals surface area contributed by atoms with Crippen LogP contribution < -0.4 is 16.7 Å². The third-order valence-corrected chi connectivity index (χ3v) is 13.6. The van der Waals surface area contributed by atoms with E-state index in [9.17, 15) is 14.4 Å². The van der Waals surface area contributed by atoms with Gasteiger partial charge in [0.25, 0.3) is 16.7 Å². The van der Waals surface area contributed by atoms with Crippen LogP contribution in [0.2, 0.25) is 0 Å². The fourth-order valence-corrected chi connectivity index (χ4v) is 9.68. The minimum Gasteiger partial charge on any atom is -0.392 e. The van der Waals surface area contributed by atoms with E-state index in [4.69, 9.17) is 5.11 Å². The van der Waals surface area contributed by atoms with Crippen molar-refractivity contribution in [1.29, 1.82) is 0 Å². The first-order valence-electron chi connectivity index (χ1n) is 25.8. The normalized spacial score (nSPS) is 11.6. The molecule has 402 valence electrons. The van der Waals surface area contributed by atoms with Crippen LogP contribution >= 0.6 is 0 Å². The van der Waals surface area contributed by atoms with Gasteiger partial charge in [-0.25, -0.2) is 57.5 Å². The second kappa shape index (κ2) is 21.4. The summed E-state index contributed by atoms with van der Waals surface area (Å²) in [5.74, 6) is 2.47. The summed E-state index contributed by atoms with van der Waals surface area (Å²) in [6, 6.07) is 11.4. The molecule has 22 heteroatoms. The molecule has 4 N–H and O–H groups in total. The minimum absolute atomic E-state index is 0.0505. The van der Waals surface area contributed by atoms with Gasteiger partial charge in [0.05, 0.1) is 25.2 Å². The van der Waals surface area contributed by atoms with Crippen LogP contribution in [0.15, 0.2) is 125 Å². The first-order chi connectivity index (χ1) is 37.9. The molecule has 0 spiro atoms. The molecule has 0 atom stereocenters. The molecule has 0 aliphatic heterocycles. The molecular formula is C57H60N18O4. The third kappa shape index (κ3) is 10.1. The molecule has 0 saturated heterocycles. The van der Waals surface area contributed by atoms with Crippen LogP contribution in [0.1, 0.15) is 110 Å². The van der Waals surface area contributed by atoms with Gasteiger partial charge in [0, 0.05) is 123 Å². The van der Waals surface area contributed by atoms with E-state index in [0.717, 1.165) is 89.9 Å². The first-order valence-corrected chi connectivity index (χ1v) is 25.8. The van der Waals surface area contributed by atoms with Crippen molar-refractivity contribution in [3.8, 4) is 50.8 Å². The van der Waals surface area contributed by atoms with E-state index >= 15 is 0 Å². The molecular weight excluding hydrogens is 1000 g/mol. The number of nitrogens with one attached hydrogen (secondary N) is 3. The second-order valence-electron chi connectivity index (χ2n) is 20.3. The van der Waals surface area contributed by atoms with Gasteiger partial charge >= 0.3 is 0 Å². The Morgan fingerprint density at radius 1 is 0.468 bits per heavy atom. The summed E-state index contributed by atoms with van der Waals surface area (Å²) >= 11 is 0. The van der Waals surface area contributed by atoms with Gasteiger partial charge in [0.2, 0.25) is 0 Å². The van der Waals surface area contributed by atoms with Crippen LogP contribution in [0, 0.1) is 34.6 Å². The van der Waals surface area contributed by atoms with Gasteiger partial charge in [-0.3, -0.25) is 29.7 Å². The average Bonchev–Trinajstić information content (AvgIpc) is 4.46. The number of nitrogens with zero attached hydrogens (tertiary/aromatic N) is 15. The Balaban J connectivity index is 0.000000134. The Bertz CT molecular complexity index is 4370. The minimum atomic E-state index is -0.0765. The Morgan fingerprint density at radius 2 is 0.861 bits per heavy atom. The van der Waals surface area contributed by atoms with Crippen molar-refractivity contribution < 1.29 is 5.11 Å². The van der Waals surface area contributed by atoms with Crippen LogP contribution in [0.5, 0.6) is 0 Å². The van der Waals surface area contributed by atoms with Crippen LogP contribution in [-0.2, 0) is 6.61 Å². The van der Waals surface area contributed by atoms with Gasteiger partial charge in [0.1, 0.15) is 0 Å². The molecule has 79 heavy (non-hydrogen) atoms. The topological polar surface area (TPSA) is 263 Å². The van der Waals surface area contributed by atoms with Gasteiger partial charge in [0.15, 0.2) is 34.4 Å². The number of hydrogen-bond donors (Lipinski definition) is 4. The van der Waals surface area contributed by atoms with Crippen molar-refractivity contribution in [2.45, 2.75) is 101 Å². The highest BCUT2D eigenvalue weighted by Gasteiger charge is 2.21. The number of fused-ring (bicyclic) bond motifs is 3. The Morgan fingerprint density at radius 3 is 1.20 bits per heavy atom. The van der Waals surface area contributed by atoms with E-state index in [0.29, 0.717) is 28.3 Å². The summed E-state index contributed by atoms with van der Waals surface area (Å²) in [5.41, 5.74) is 14.0. The highest BCUT2D eigenvalue weighted by Crippen LogP contribution is 2.28. The third-order valence-electron chi connectivity index (χ3n) is 13.6. The lowest BCUT2D eigenvalue weighted by molar-refractivity contribution is 0.281. The fraction of sp³-hybridized carbons (Fsp3) is 0.263. The number of aromatic nitrogens is 18. The maximum absolute atomic E-state index is 12.8. The zero-order valence-electron chi connectivity index (χ0n) is 45.7. The molecule has 0 unspecified atom stereocenters. The van der Waals surface area contributed by atoms with Crippen molar-refractivity contribution in [3.05, 3.63) is 192 Å². The molecule has 0 aliphatic rings. The predicted octanol–water partition coefficient (Wildman–Crippen LogP) is 8.22. The smallest absolute Gasteiger partial charge is 0.276 e. The average molecular weight is 1060 g/mol. The zero-order chi connectivity index (χ0) is 56.0. The molecule has 0 aliphatic carbocycles. The van der Waals surface area contributed by atoms with Crippen molar-refractivity contribution >= 4 is 16.9 Å². The van der Waals surface area contributed by atoms with Gasteiger partial charge in [-0.15, -0.1) is 0 Å². The molecule has 0 fully saturated rings. The molecule has 12 rings (SSSR count). The molecule has 0 saturated carbocycles. The van der Waals surface area contributed by atoms with Crippen LogP contribution in [0.25, 0.3) is 67.8 Å². The monoisotopic (exact) mass is 1060 g/mol. The lowest BCUT2D eigenvalue weighted by atomic mass is 10.0. The fourth-order valence-electron chi connectivity index (χ4n) is 9.68. The van der Waals surface area contributed by atoms with Gasteiger partial charge in [-0.2, -0.15) is 15.3 Å². The van der Waals surface area contributed by atoms with Gasteiger partial charge in [-0.05, 0) is 93.3 Å². The summed E-state index contributed by atoms with van der Waals surface area (Å²) in [7, 11) is 0. The lowest BCUT2D eigenvalue weighted by Gasteiger charge is -2.08. The quantitative estimate of drug-likeness (QED) is 0.101. The van der Waals surface area contributed by atoms with Crippen molar-refractivity contribution in [2.75, 3.05) is 0 Å². The van der Waals surface area contributed by atoms with E-state index in [1.54, 1.807) is 81.9 Å². The van der Waals surface area contributed by atoms with E-state index in [1.807, 2.05) is 119 Å². The SMILES string of the molecule is Cc1ccc(-n2cc(-c3c[nH]n4c(=O)c(C(C)C)c(C)nc34)cn2)nc1.Cc1ccnc(-n2cc(-c3c[nH]n4c(=O)c(C(C)C)c(C)nc34)cn2)c1.Cc1nc2c(-c3cnn(-c4ccc(CO)cn4)c3)c[nH]n2c(=O)c1C(C)C. The van der Waals surface area contributed by atoms with E-state index in [-0.39, 0.29) is 41.0 Å². The number of pyridine rings is 3. The van der Waals surface area contributed by atoms with Crippen LogP contribution in [0.4, 0.5) is 0 Å². The number of aliphatic hydroxyl groups is 1. The molecule has 12 aromatic heterocycles. The molecule has 0 aromatic carbocycles. The van der Waals surface area contributed by atoms with Crippen LogP contribution in [-0.4, -0.2) is 93.2 Å². The van der Waals surface area contributed by atoms with Crippen molar-refractivity contribution in [2.24, 2.45) is 0 Å². The Kier molecular flexibility index (Phi) is 14.3. The highest BCUT2D eigenvalue weighted by atomic mass is 16.3. The Hall–Kier alpha value is -9.70. The first kappa shape index (κ1) is 52.7. The summed E-state index contributed by atoms with van der Waals surface area (Å²) in [6.45, 7) is 21.6. The highest BCUT2D eigenvalue weighted by molar-refractivity contribution is 5.78. The van der Waals surface area contributed by atoms with Crippen molar-refractivity contribution in [3.63, 3.8) is 0 Å². The predicted molar refractivity (Wildman–Crippen MR) is 300 cm³/mol. The molecule has 0 radical (unpaired) electrons. The second-order valence-corrected chi connectivity index (χ2v) is 20.3. The molecule has 12 aromatic rings. The number of H-pyrrole nitrogens is 3. The number of aromatic amines is 3. The standard InChI is InChI=1S/C19H20N6O2.2C19H20N6O/c1-11(2)17-12(3)23-18-15(8-22-25(18)19(17)27)14-7-21-24(9-14)16-5-4-13(10-26)6-20-16;1-11(2)17-13(4)23-18-15(9-22-25(18)19(17)26)14-8-21-24(10-14)16-7-12(3)5-6-20-16;1-11(2)17-13(4)23-18-15(9-22-25(18)19(17)26)14-8-21-24(10-14)16-6-5-12(3)7-20-16/h4-9,11,22,26H,10H2,1-3H3;2*5-11,22H,1-4H3. The summed E-state index contributed by atoms with van der Waals surface area (Å²) in [6.07, 6.45) is 21.3. The number of aryl methyl sites for hydroxylation is 5. The summed E-state index contributed by atoms with van der Waals surface area (Å²) < 4.78 is 9.56. The molecule has 0 bridgehead atoms. The summed E-state index contributed by atoms with van der Waals surface area (Å²) in [4.78, 5) is 65.3. The van der Waals surface area contributed by atoms with Gasteiger partial charge in [-0.1, -0.05) is 53.7 Å². The number of hydrogen-bond acceptors (Lipinski definition) is 13. The number of rotatable bonds is 10. The molecule has 12 heterocycles. The largest absolute Gasteiger partial charge is 0.392 e. The molecule has 22 nitrogen and oxygen atoms in total. The number of aliphatic hydroxyl groups excluding tert-OH is 1. The maximum atomic E-state index is 12.8. The van der Waals surface area contributed by atoms with E-state index in [1.165, 1.54) is 13.5 Å². The summed E-state index contributed by atoms with van der Waals surface area (Å²) in [5, 5.41) is 31.3. The lowest BCUT2D eigenvalue weighted by Crippen LogP contribution is -2.22. The Labute approximate surface area is 452 Å².